The van der Waals surface area contributed by atoms with E-state index in [9.17, 15) is 9.59 Å². The molecule has 0 aromatic carbocycles. The van der Waals surface area contributed by atoms with Gasteiger partial charge in [-0.2, -0.15) is 0 Å². The molecule has 2 saturated carbocycles. The number of ether oxygens (including phenoxy) is 3. The quantitative estimate of drug-likeness (QED) is 0.483. The fraction of sp³-hybridized carbons (Fsp3) is 0.586. The Morgan fingerprint density at radius 1 is 1.00 bits per heavy atom. The molecule has 2 aromatic rings. The van der Waals surface area contributed by atoms with Crippen LogP contribution in [0.2, 0.25) is 0 Å². The summed E-state index contributed by atoms with van der Waals surface area (Å²) in [5.41, 5.74) is 2.97. The van der Waals surface area contributed by atoms with Gasteiger partial charge in [0, 0.05) is 18.2 Å². The average molecular weight is 508 g/mol. The first-order valence-corrected chi connectivity index (χ1v) is 13.5. The molecule has 1 amide bonds. The summed E-state index contributed by atoms with van der Waals surface area (Å²) in [4.78, 5) is 34.9. The number of rotatable bonds is 8. The number of nitrogens with one attached hydrogen (secondary N) is 1. The van der Waals surface area contributed by atoms with Crippen molar-refractivity contribution in [1.29, 1.82) is 0 Å². The smallest absolute Gasteiger partial charge is 0.407 e. The van der Waals surface area contributed by atoms with Crippen LogP contribution in [0.5, 0.6) is 5.88 Å². The highest BCUT2D eigenvalue weighted by Gasteiger charge is 2.34. The van der Waals surface area contributed by atoms with E-state index in [2.05, 4.69) is 16.4 Å². The zero-order chi connectivity index (χ0) is 26.0. The lowest BCUT2D eigenvalue weighted by molar-refractivity contribution is -0.0813. The van der Waals surface area contributed by atoms with Crippen LogP contribution in [0.3, 0.4) is 0 Å². The molecule has 5 rings (SSSR count). The van der Waals surface area contributed by atoms with Crippen LogP contribution in [-0.4, -0.2) is 46.8 Å². The molecule has 3 aliphatic rings. The highest BCUT2D eigenvalue weighted by atomic mass is 16.6. The normalized spacial score (nSPS) is 22.1. The second kappa shape index (κ2) is 10.8. The maximum absolute atomic E-state index is 13.6. The van der Waals surface area contributed by atoms with E-state index in [-0.39, 0.29) is 24.3 Å². The van der Waals surface area contributed by atoms with Crippen molar-refractivity contribution in [2.45, 2.75) is 89.4 Å². The van der Waals surface area contributed by atoms with Gasteiger partial charge >= 0.3 is 6.09 Å². The molecular formula is C29H37N3O5. The molecule has 2 aliphatic carbocycles. The average Bonchev–Trinajstić information content (AvgIpc) is 3.69. The number of Topliss-reactive ketones (excluding diaryl/α,β-unsaturated/α-hetero) is 1. The van der Waals surface area contributed by atoms with E-state index in [4.69, 9.17) is 19.2 Å². The SMILES string of the molecule is CC(C)(C)OC(=O)NCc1ccc(C2CC2)c(C(=O)C2CCC(c3ccc(OC4COC4)nc3)CC2)n1. The molecule has 1 saturated heterocycles. The van der Waals surface area contributed by atoms with Crippen molar-refractivity contribution in [2.24, 2.45) is 5.92 Å². The van der Waals surface area contributed by atoms with E-state index in [1.807, 2.05) is 45.2 Å². The molecule has 198 valence electrons. The number of hydrogen-bond donors (Lipinski definition) is 1. The molecule has 8 nitrogen and oxygen atoms in total. The second-order valence-electron chi connectivity index (χ2n) is 11.5. The molecule has 0 spiro atoms. The van der Waals surface area contributed by atoms with Gasteiger partial charge in [0.25, 0.3) is 0 Å². The number of nitrogens with zero attached hydrogens (tertiary/aromatic N) is 2. The van der Waals surface area contributed by atoms with Crippen LogP contribution >= 0.6 is 0 Å². The van der Waals surface area contributed by atoms with Gasteiger partial charge in [-0.05, 0) is 88.3 Å². The molecule has 0 radical (unpaired) electrons. The molecule has 1 aliphatic heterocycles. The van der Waals surface area contributed by atoms with Crippen LogP contribution < -0.4 is 10.1 Å². The number of pyridine rings is 2. The van der Waals surface area contributed by atoms with E-state index in [1.54, 1.807) is 0 Å². The van der Waals surface area contributed by atoms with Crippen LogP contribution in [0.15, 0.2) is 30.5 Å². The summed E-state index contributed by atoms with van der Waals surface area (Å²) in [7, 11) is 0. The number of alkyl carbamates (subject to hydrolysis) is 1. The Kier molecular flexibility index (Phi) is 7.47. The van der Waals surface area contributed by atoms with Gasteiger partial charge in [0.15, 0.2) is 5.78 Å². The summed E-state index contributed by atoms with van der Waals surface area (Å²) in [6.07, 6.45) is 7.32. The van der Waals surface area contributed by atoms with Crippen molar-refractivity contribution in [3.8, 4) is 5.88 Å². The minimum Gasteiger partial charge on any atom is -0.469 e. The number of carbonyl (C=O) groups is 2. The molecule has 3 fully saturated rings. The lowest BCUT2D eigenvalue weighted by Gasteiger charge is -2.29. The van der Waals surface area contributed by atoms with Gasteiger partial charge in [-0.3, -0.25) is 4.79 Å². The number of hydrogen-bond acceptors (Lipinski definition) is 7. The third-order valence-electron chi connectivity index (χ3n) is 7.27. The highest BCUT2D eigenvalue weighted by Crippen LogP contribution is 2.43. The number of amides is 1. The highest BCUT2D eigenvalue weighted by molar-refractivity contribution is 5.97. The van der Waals surface area contributed by atoms with Crippen molar-refractivity contribution in [2.75, 3.05) is 13.2 Å². The van der Waals surface area contributed by atoms with Crippen molar-refractivity contribution in [3.63, 3.8) is 0 Å². The summed E-state index contributed by atoms with van der Waals surface area (Å²) in [5, 5.41) is 2.75. The third kappa shape index (κ3) is 6.66. The van der Waals surface area contributed by atoms with Crippen molar-refractivity contribution in [1.82, 2.24) is 15.3 Å². The molecule has 8 heteroatoms. The van der Waals surface area contributed by atoms with E-state index in [1.165, 1.54) is 5.56 Å². The summed E-state index contributed by atoms with van der Waals surface area (Å²) >= 11 is 0. The molecule has 0 atom stereocenters. The van der Waals surface area contributed by atoms with Gasteiger partial charge in [0.1, 0.15) is 17.4 Å². The molecule has 37 heavy (non-hydrogen) atoms. The standard InChI is InChI=1S/C29H37N3O5/c1-29(2,3)37-28(34)31-15-22-11-12-24(19-6-7-19)26(32-22)27(33)20-8-4-18(5-9-20)21-10-13-25(30-14-21)36-23-16-35-17-23/h10-14,18-20,23H,4-9,15-17H2,1-3H3,(H,31,34). The lowest BCUT2D eigenvalue weighted by atomic mass is 9.76. The van der Waals surface area contributed by atoms with Crippen molar-refractivity contribution >= 4 is 11.9 Å². The first kappa shape index (κ1) is 25.6. The van der Waals surface area contributed by atoms with Gasteiger partial charge in [-0.25, -0.2) is 14.8 Å². The number of carbonyl (C=O) groups excluding carboxylic acids is 2. The molecule has 0 bridgehead atoms. The zero-order valence-corrected chi connectivity index (χ0v) is 22.0. The van der Waals surface area contributed by atoms with Gasteiger partial charge in [-0.15, -0.1) is 0 Å². The van der Waals surface area contributed by atoms with E-state index < -0.39 is 11.7 Å². The Labute approximate surface area is 218 Å². The Morgan fingerprint density at radius 2 is 1.73 bits per heavy atom. The Hall–Kier alpha value is -3.00. The second-order valence-corrected chi connectivity index (χ2v) is 11.5. The molecule has 2 aromatic heterocycles. The summed E-state index contributed by atoms with van der Waals surface area (Å²) < 4.78 is 16.2. The predicted octanol–water partition coefficient (Wildman–Crippen LogP) is 5.31. The molecular weight excluding hydrogens is 470 g/mol. The zero-order valence-electron chi connectivity index (χ0n) is 22.0. The third-order valence-corrected chi connectivity index (χ3v) is 7.27. The molecule has 3 heterocycles. The molecule has 0 unspecified atom stereocenters. The van der Waals surface area contributed by atoms with E-state index in [0.717, 1.165) is 44.1 Å². The molecule has 1 N–H and O–H groups in total. The number of aromatic nitrogens is 2. The summed E-state index contributed by atoms with van der Waals surface area (Å²) in [5.74, 6) is 1.58. The summed E-state index contributed by atoms with van der Waals surface area (Å²) in [6.45, 7) is 6.96. The van der Waals surface area contributed by atoms with Crippen LogP contribution in [0.4, 0.5) is 4.79 Å². The monoisotopic (exact) mass is 507 g/mol. The fourth-order valence-electron chi connectivity index (χ4n) is 5.04. The van der Waals surface area contributed by atoms with Crippen LogP contribution in [0.25, 0.3) is 0 Å². The minimum atomic E-state index is -0.565. The largest absolute Gasteiger partial charge is 0.469 e. The summed E-state index contributed by atoms with van der Waals surface area (Å²) in [6, 6.07) is 7.98. The van der Waals surface area contributed by atoms with Crippen molar-refractivity contribution in [3.05, 3.63) is 53.0 Å². The first-order chi connectivity index (χ1) is 17.7. The van der Waals surface area contributed by atoms with Gasteiger partial charge in [0.2, 0.25) is 5.88 Å². The van der Waals surface area contributed by atoms with E-state index >= 15 is 0 Å². The Morgan fingerprint density at radius 3 is 2.32 bits per heavy atom. The van der Waals surface area contributed by atoms with Gasteiger partial charge < -0.3 is 19.5 Å². The Bertz CT molecular complexity index is 1110. The number of ketones is 1. The predicted molar refractivity (Wildman–Crippen MR) is 138 cm³/mol. The fourth-order valence-corrected chi connectivity index (χ4v) is 5.04. The van der Waals surface area contributed by atoms with Crippen molar-refractivity contribution < 1.29 is 23.8 Å². The van der Waals surface area contributed by atoms with Gasteiger partial charge in [0.05, 0.1) is 25.5 Å². The lowest BCUT2D eigenvalue weighted by Crippen LogP contribution is -2.38. The van der Waals surface area contributed by atoms with E-state index in [0.29, 0.717) is 42.3 Å². The van der Waals surface area contributed by atoms with Crippen LogP contribution in [0, 0.1) is 5.92 Å². The maximum atomic E-state index is 13.6. The van der Waals surface area contributed by atoms with Crippen LogP contribution in [-0.2, 0) is 16.0 Å². The minimum absolute atomic E-state index is 0.0236. The first-order valence-electron chi connectivity index (χ1n) is 13.5. The topological polar surface area (TPSA) is 99.6 Å². The van der Waals surface area contributed by atoms with Crippen LogP contribution in [0.1, 0.15) is 98.4 Å². The maximum Gasteiger partial charge on any atom is 0.407 e. The Balaban J connectivity index is 1.19. The van der Waals surface area contributed by atoms with Gasteiger partial charge in [-0.1, -0.05) is 12.1 Å².